The van der Waals surface area contributed by atoms with Crippen LogP contribution in [0.5, 0.6) is 11.5 Å². The lowest BCUT2D eigenvalue weighted by atomic mass is 10.2. The van der Waals surface area contributed by atoms with Gasteiger partial charge < -0.3 is 15.2 Å². The number of nitrogens with two attached hydrogens (primary N) is 1. The summed E-state index contributed by atoms with van der Waals surface area (Å²) in [6.45, 7) is 0.295. The zero-order valence-electron chi connectivity index (χ0n) is 10.3. The molecule has 0 unspecified atom stereocenters. The first-order valence-electron chi connectivity index (χ1n) is 5.60. The molecule has 0 aliphatic rings. The molecule has 19 heavy (non-hydrogen) atoms. The van der Waals surface area contributed by atoms with Gasteiger partial charge in [-0.2, -0.15) is 0 Å². The molecule has 2 N–H and O–H groups in total. The van der Waals surface area contributed by atoms with Crippen LogP contribution in [-0.2, 0) is 6.61 Å². The van der Waals surface area contributed by atoms with Gasteiger partial charge in [0.15, 0.2) is 0 Å². The minimum Gasteiger partial charge on any atom is -0.497 e. The molecule has 0 radical (unpaired) electrons. The quantitative estimate of drug-likeness (QED) is 0.870. The Morgan fingerprint density at radius 3 is 2.63 bits per heavy atom. The highest BCUT2D eigenvalue weighted by Gasteiger charge is 2.04. The highest BCUT2D eigenvalue weighted by atomic mass is 35.5. The van der Waals surface area contributed by atoms with E-state index < -0.39 is 5.82 Å². The van der Waals surface area contributed by atoms with Crippen LogP contribution < -0.4 is 15.2 Å². The standard InChI is InChI=1S/C14H13ClFNO2/c1-18-12-5-9(4-10(17)6-12)8-19-11-2-3-14(16)13(15)7-11/h2-7H,8,17H2,1H3. The normalized spacial score (nSPS) is 10.3. The van der Waals surface area contributed by atoms with Crippen molar-refractivity contribution in [2.45, 2.75) is 6.61 Å². The maximum atomic E-state index is 13.0. The highest BCUT2D eigenvalue weighted by molar-refractivity contribution is 6.30. The Labute approximate surface area is 115 Å². The minimum absolute atomic E-state index is 0.0302. The predicted molar refractivity (Wildman–Crippen MR) is 73.1 cm³/mol. The number of hydrogen-bond acceptors (Lipinski definition) is 3. The van der Waals surface area contributed by atoms with Crippen LogP contribution in [0.25, 0.3) is 0 Å². The number of halogens is 2. The number of methoxy groups -OCH3 is 1. The van der Waals surface area contributed by atoms with E-state index in [1.807, 2.05) is 6.07 Å². The molecule has 0 amide bonds. The van der Waals surface area contributed by atoms with E-state index in [-0.39, 0.29) is 5.02 Å². The van der Waals surface area contributed by atoms with Crippen molar-refractivity contribution in [2.75, 3.05) is 12.8 Å². The highest BCUT2D eigenvalue weighted by Crippen LogP contribution is 2.23. The van der Waals surface area contributed by atoms with Gasteiger partial charge in [-0.05, 0) is 29.8 Å². The van der Waals surface area contributed by atoms with Gasteiger partial charge in [-0.25, -0.2) is 4.39 Å². The zero-order valence-corrected chi connectivity index (χ0v) is 11.1. The predicted octanol–water partition coefficient (Wildman–Crippen LogP) is 3.65. The van der Waals surface area contributed by atoms with Crippen molar-refractivity contribution in [3.8, 4) is 11.5 Å². The van der Waals surface area contributed by atoms with Crippen molar-refractivity contribution in [1.82, 2.24) is 0 Å². The number of anilines is 1. The molecule has 2 aromatic rings. The lowest BCUT2D eigenvalue weighted by Gasteiger charge is -2.09. The van der Waals surface area contributed by atoms with Crippen LogP contribution in [0, 0.1) is 5.82 Å². The van der Waals surface area contributed by atoms with Crippen molar-refractivity contribution in [1.29, 1.82) is 0 Å². The van der Waals surface area contributed by atoms with E-state index in [1.165, 1.54) is 18.2 Å². The van der Waals surface area contributed by atoms with Gasteiger partial charge in [-0.3, -0.25) is 0 Å². The molecule has 0 atom stereocenters. The summed E-state index contributed by atoms with van der Waals surface area (Å²) >= 11 is 5.67. The van der Waals surface area contributed by atoms with Crippen LogP contribution in [0.3, 0.4) is 0 Å². The first kappa shape index (κ1) is 13.5. The van der Waals surface area contributed by atoms with E-state index in [1.54, 1.807) is 19.2 Å². The van der Waals surface area contributed by atoms with E-state index in [0.29, 0.717) is 23.8 Å². The molecule has 5 heteroatoms. The summed E-state index contributed by atoms with van der Waals surface area (Å²) in [4.78, 5) is 0. The third-order valence-corrected chi connectivity index (χ3v) is 2.81. The van der Waals surface area contributed by atoms with Gasteiger partial charge >= 0.3 is 0 Å². The van der Waals surface area contributed by atoms with Crippen LogP contribution in [0.4, 0.5) is 10.1 Å². The second-order valence-electron chi connectivity index (χ2n) is 3.98. The lowest BCUT2D eigenvalue weighted by molar-refractivity contribution is 0.305. The average Bonchev–Trinajstić information content (AvgIpc) is 2.39. The van der Waals surface area contributed by atoms with E-state index in [9.17, 15) is 4.39 Å². The Bertz CT molecular complexity index is 590. The topological polar surface area (TPSA) is 44.5 Å². The lowest BCUT2D eigenvalue weighted by Crippen LogP contribution is -1.98. The molecule has 100 valence electrons. The molecule has 3 nitrogen and oxygen atoms in total. The van der Waals surface area contributed by atoms with E-state index in [2.05, 4.69) is 0 Å². The monoisotopic (exact) mass is 281 g/mol. The Kier molecular flexibility index (Phi) is 4.12. The van der Waals surface area contributed by atoms with Crippen LogP contribution >= 0.6 is 11.6 Å². The van der Waals surface area contributed by atoms with E-state index in [0.717, 1.165) is 5.56 Å². The minimum atomic E-state index is -0.473. The third kappa shape index (κ3) is 3.51. The summed E-state index contributed by atoms with van der Waals surface area (Å²) in [5, 5.41) is 0.0302. The summed E-state index contributed by atoms with van der Waals surface area (Å²) in [6.07, 6.45) is 0. The number of benzene rings is 2. The Balaban J connectivity index is 2.09. The van der Waals surface area contributed by atoms with Gasteiger partial charge in [-0.1, -0.05) is 11.6 Å². The first-order chi connectivity index (χ1) is 9.08. The maximum absolute atomic E-state index is 13.0. The summed E-state index contributed by atoms with van der Waals surface area (Å²) in [7, 11) is 1.57. The van der Waals surface area contributed by atoms with Crippen LogP contribution in [0.15, 0.2) is 36.4 Å². The molecule has 2 rings (SSSR count). The maximum Gasteiger partial charge on any atom is 0.142 e. The molecule has 2 aromatic carbocycles. The summed E-state index contributed by atoms with van der Waals surface area (Å²) in [5.74, 6) is 0.683. The molecule has 0 bridgehead atoms. The Hall–Kier alpha value is -1.94. The fraction of sp³-hybridized carbons (Fsp3) is 0.143. The van der Waals surface area contributed by atoms with Crippen LogP contribution in [0.2, 0.25) is 5.02 Å². The van der Waals surface area contributed by atoms with Crippen molar-refractivity contribution in [3.63, 3.8) is 0 Å². The molecule has 0 spiro atoms. The summed E-state index contributed by atoms with van der Waals surface area (Å²) in [6, 6.07) is 9.54. The number of hydrogen-bond donors (Lipinski definition) is 1. The zero-order chi connectivity index (χ0) is 13.8. The third-order valence-electron chi connectivity index (χ3n) is 2.52. The molecule has 0 aliphatic carbocycles. The first-order valence-corrected chi connectivity index (χ1v) is 5.97. The number of ether oxygens (including phenoxy) is 2. The summed E-state index contributed by atoms with van der Waals surface area (Å²) < 4.78 is 23.6. The van der Waals surface area contributed by atoms with Crippen LogP contribution in [-0.4, -0.2) is 7.11 Å². The second-order valence-corrected chi connectivity index (χ2v) is 4.39. The van der Waals surface area contributed by atoms with Crippen molar-refractivity contribution in [3.05, 3.63) is 52.8 Å². The molecule has 0 saturated carbocycles. The van der Waals surface area contributed by atoms with E-state index >= 15 is 0 Å². The van der Waals surface area contributed by atoms with Gasteiger partial charge in [0.2, 0.25) is 0 Å². The van der Waals surface area contributed by atoms with Gasteiger partial charge in [0.25, 0.3) is 0 Å². The Morgan fingerprint density at radius 1 is 1.16 bits per heavy atom. The van der Waals surface area contributed by atoms with Crippen molar-refractivity contribution in [2.24, 2.45) is 0 Å². The molecule has 0 aliphatic heterocycles. The molecule has 0 heterocycles. The average molecular weight is 282 g/mol. The molecule has 0 fully saturated rings. The Morgan fingerprint density at radius 2 is 1.95 bits per heavy atom. The molecule has 0 saturated heterocycles. The number of nitrogen functional groups attached to an aromatic ring is 1. The second kappa shape index (κ2) is 5.80. The van der Waals surface area contributed by atoms with Gasteiger partial charge in [0.05, 0.1) is 12.1 Å². The fourth-order valence-electron chi connectivity index (χ4n) is 1.62. The van der Waals surface area contributed by atoms with Gasteiger partial charge in [-0.15, -0.1) is 0 Å². The van der Waals surface area contributed by atoms with Crippen molar-refractivity contribution >= 4 is 17.3 Å². The van der Waals surface area contributed by atoms with Gasteiger partial charge in [0, 0.05) is 17.8 Å². The van der Waals surface area contributed by atoms with Crippen molar-refractivity contribution < 1.29 is 13.9 Å². The SMILES string of the molecule is COc1cc(N)cc(COc2ccc(F)c(Cl)c2)c1. The van der Waals surface area contributed by atoms with E-state index in [4.69, 9.17) is 26.8 Å². The fourth-order valence-corrected chi connectivity index (χ4v) is 1.79. The smallest absolute Gasteiger partial charge is 0.142 e. The molecular formula is C14H13ClFNO2. The van der Waals surface area contributed by atoms with Crippen LogP contribution in [0.1, 0.15) is 5.56 Å². The van der Waals surface area contributed by atoms with Gasteiger partial charge in [0.1, 0.15) is 23.9 Å². The molecular weight excluding hydrogens is 269 g/mol. The number of rotatable bonds is 4. The summed E-state index contributed by atoms with van der Waals surface area (Å²) in [5.41, 5.74) is 7.19. The molecule has 0 aromatic heterocycles. The largest absolute Gasteiger partial charge is 0.497 e.